The van der Waals surface area contributed by atoms with Gasteiger partial charge < -0.3 is 9.88 Å². The largest absolute Gasteiger partial charge is 0.329 e. The lowest BCUT2D eigenvalue weighted by molar-refractivity contribution is 0.595. The van der Waals surface area contributed by atoms with E-state index >= 15 is 0 Å². The normalized spacial score (nSPS) is 14.8. The molecular formula is C13H15N3. The maximum Gasteiger partial charge on any atom is 0.0955 e. The van der Waals surface area contributed by atoms with Crippen LogP contribution in [0, 0.1) is 0 Å². The number of rotatable bonds is 2. The average Bonchev–Trinajstić information content (AvgIpc) is 2.74. The lowest BCUT2D eigenvalue weighted by Gasteiger charge is -2.15. The van der Waals surface area contributed by atoms with E-state index in [4.69, 9.17) is 0 Å². The third kappa shape index (κ3) is 1.74. The zero-order valence-corrected chi connectivity index (χ0v) is 9.19. The molecule has 3 nitrogen and oxygen atoms in total. The Bertz CT molecular complexity index is 473. The highest BCUT2D eigenvalue weighted by molar-refractivity contribution is 5.20. The molecule has 1 aromatic carbocycles. The van der Waals surface area contributed by atoms with Crippen LogP contribution in [0.15, 0.2) is 36.7 Å². The Morgan fingerprint density at radius 1 is 1.25 bits per heavy atom. The van der Waals surface area contributed by atoms with Crippen molar-refractivity contribution in [3.63, 3.8) is 0 Å². The highest BCUT2D eigenvalue weighted by Crippen LogP contribution is 2.13. The molecule has 0 amide bonds. The molecule has 0 bridgehead atoms. The third-order valence-electron chi connectivity index (χ3n) is 3.06. The predicted molar refractivity (Wildman–Crippen MR) is 63.2 cm³/mol. The van der Waals surface area contributed by atoms with E-state index in [0.717, 1.165) is 26.1 Å². The number of benzene rings is 1. The van der Waals surface area contributed by atoms with Crippen molar-refractivity contribution in [2.24, 2.45) is 0 Å². The molecule has 0 aliphatic carbocycles. The van der Waals surface area contributed by atoms with Crippen LogP contribution in [0.3, 0.4) is 0 Å². The summed E-state index contributed by atoms with van der Waals surface area (Å²) in [5.74, 6) is 0. The monoisotopic (exact) mass is 213 g/mol. The van der Waals surface area contributed by atoms with Gasteiger partial charge >= 0.3 is 0 Å². The topological polar surface area (TPSA) is 29.9 Å². The van der Waals surface area contributed by atoms with E-state index in [2.05, 4.69) is 45.2 Å². The van der Waals surface area contributed by atoms with Gasteiger partial charge in [0.25, 0.3) is 0 Å². The zero-order chi connectivity index (χ0) is 10.8. The molecule has 0 saturated heterocycles. The number of hydrogen-bond acceptors (Lipinski definition) is 2. The first-order valence-electron chi connectivity index (χ1n) is 5.71. The van der Waals surface area contributed by atoms with E-state index in [1.165, 1.54) is 17.0 Å². The Hall–Kier alpha value is -1.61. The fourth-order valence-electron chi connectivity index (χ4n) is 2.19. The van der Waals surface area contributed by atoms with Crippen LogP contribution in [-0.4, -0.2) is 16.1 Å². The number of nitrogens with one attached hydrogen (secondary N) is 1. The van der Waals surface area contributed by atoms with Gasteiger partial charge in [-0.25, -0.2) is 4.98 Å². The van der Waals surface area contributed by atoms with E-state index in [1.807, 2.05) is 6.33 Å². The Kier molecular flexibility index (Phi) is 2.46. The maximum atomic E-state index is 4.48. The molecule has 0 radical (unpaired) electrons. The molecule has 0 saturated carbocycles. The summed E-state index contributed by atoms with van der Waals surface area (Å²) in [6.07, 6.45) is 3.02. The Morgan fingerprint density at radius 2 is 2.12 bits per heavy atom. The maximum absolute atomic E-state index is 4.48. The summed E-state index contributed by atoms with van der Waals surface area (Å²) in [4.78, 5) is 4.48. The van der Waals surface area contributed by atoms with Gasteiger partial charge in [0, 0.05) is 26.1 Å². The van der Waals surface area contributed by atoms with Crippen LogP contribution in [0.4, 0.5) is 0 Å². The summed E-state index contributed by atoms with van der Waals surface area (Å²) in [7, 11) is 0. The van der Waals surface area contributed by atoms with Crippen molar-refractivity contribution in [1.29, 1.82) is 0 Å². The number of nitrogens with zero attached hydrogens (tertiary/aromatic N) is 2. The Labute approximate surface area is 95.1 Å². The summed E-state index contributed by atoms with van der Waals surface area (Å²) in [5.41, 5.74) is 3.93. The number of imidazole rings is 1. The van der Waals surface area contributed by atoms with Gasteiger partial charge in [0.2, 0.25) is 0 Å². The molecule has 1 aromatic heterocycles. The summed E-state index contributed by atoms with van der Waals surface area (Å²) in [5, 5.41) is 3.39. The van der Waals surface area contributed by atoms with E-state index in [9.17, 15) is 0 Å². The zero-order valence-electron chi connectivity index (χ0n) is 9.19. The van der Waals surface area contributed by atoms with Crippen LogP contribution < -0.4 is 5.32 Å². The minimum Gasteiger partial charge on any atom is -0.329 e. The molecular weight excluding hydrogens is 198 g/mol. The summed E-state index contributed by atoms with van der Waals surface area (Å²) in [6, 6.07) is 10.5. The van der Waals surface area contributed by atoms with Crippen molar-refractivity contribution >= 4 is 0 Å². The number of aromatic nitrogens is 2. The van der Waals surface area contributed by atoms with Crippen molar-refractivity contribution < 1.29 is 0 Å². The fraction of sp³-hybridized carbons (Fsp3) is 0.308. The van der Waals surface area contributed by atoms with Crippen molar-refractivity contribution in [3.8, 4) is 0 Å². The quantitative estimate of drug-likeness (QED) is 0.820. The van der Waals surface area contributed by atoms with Gasteiger partial charge in [0.05, 0.1) is 17.7 Å². The summed E-state index contributed by atoms with van der Waals surface area (Å²) >= 11 is 0. The standard InChI is InChI=1S/C13H15N3/c1-2-4-11(5-3-1)9-16-10-15-12-6-7-14-8-13(12)16/h1-5,10,14H,6-9H2. The minimum absolute atomic E-state index is 0.921. The summed E-state index contributed by atoms with van der Waals surface area (Å²) in [6.45, 7) is 2.92. The second-order valence-corrected chi connectivity index (χ2v) is 4.18. The average molecular weight is 213 g/mol. The van der Waals surface area contributed by atoms with Crippen molar-refractivity contribution in [2.75, 3.05) is 6.54 Å². The molecule has 1 aliphatic rings. The first-order chi connectivity index (χ1) is 7.93. The van der Waals surface area contributed by atoms with Crippen LogP contribution in [0.2, 0.25) is 0 Å². The van der Waals surface area contributed by atoms with Crippen molar-refractivity contribution in [1.82, 2.24) is 14.9 Å². The van der Waals surface area contributed by atoms with Crippen molar-refractivity contribution in [2.45, 2.75) is 19.5 Å². The van der Waals surface area contributed by atoms with E-state index in [-0.39, 0.29) is 0 Å². The van der Waals surface area contributed by atoms with Gasteiger partial charge in [-0.15, -0.1) is 0 Å². The van der Waals surface area contributed by atoms with Gasteiger partial charge in [-0.3, -0.25) is 0 Å². The lowest BCUT2D eigenvalue weighted by atomic mass is 10.1. The molecule has 82 valence electrons. The molecule has 1 aliphatic heterocycles. The third-order valence-corrected chi connectivity index (χ3v) is 3.06. The summed E-state index contributed by atoms with van der Waals surface area (Å²) < 4.78 is 2.25. The highest BCUT2D eigenvalue weighted by Gasteiger charge is 2.14. The van der Waals surface area contributed by atoms with Gasteiger partial charge in [0.15, 0.2) is 0 Å². The molecule has 1 N–H and O–H groups in total. The molecule has 0 fully saturated rings. The minimum atomic E-state index is 0.921. The first-order valence-corrected chi connectivity index (χ1v) is 5.71. The second-order valence-electron chi connectivity index (χ2n) is 4.18. The van der Waals surface area contributed by atoms with E-state index < -0.39 is 0 Å². The Morgan fingerprint density at radius 3 is 3.00 bits per heavy atom. The van der Waals surface area contributed by atoms with E-state index in [1.54, 1.807) is 0 Å². The smallest absolute Gasteiger partial charge is 0.0955 e. The van der Waals surface area contributed by atoms with Gasteiger partial charge in [-0.1, -0.05) is 30.3 Å². The molecule has 0 atom stereocenters. The van der Waals surface area contributed by atoms with Gasteiger partial charge in [0.1, 0.15) is 0 Å². The first kappa shape index (κ1) is 9.60. The molecule has 16 heavy (non-hydrogen) atoms. The second kappa shape index (κ2) is 4.10. The molecule has 0 spiro atoms. The van der Waals surface area contributed by atoms with Gasteiger partial charge in [-0.05, 0) is 5.56 Å². The molecule has 2 aromatic rings. The lowest BCUT2D eigenvalue weighted by Crippen LogP contribution is -2.25. The van der Waals surface area contributed by atoms with E-state index in [0.29, 0.717) is 0 Å². The van der Waals surface area contributed by atoms with Crippen molar-refractivity contribution in [3.05, 3.63) is 53.6 Å². The van der Waals surface area contributed by atoms with Crippen LogP contribution in [0.5, 0.6) is 0 Å². The molecule has 2 heterocycles. The number of fused-ring (bicyclic) bond motifs is 1. The predicted octanol–water partition coefficient (Wildman–Crippen LogP) is 1.58. The number of hydrogen-bond donors (Lipinski definition) is 1. The Balaban J connectivity index is 1.88. The van der Waals surface area contributed by atoms with Crippen LogP contribution in [-0.2, 0) is 19.5 Å². The molecule has 3 heteroatoms. The highest BCUT2D eigenvalue weighted by atomic mass is 15.1. The van der Waals surface area contributed by atoms with Crippen LogP contribution >= 0.6 is 0 Å². The van der Waals surface area contributed by atoms with Crippen LogP contribution in [0.25, 0.3) is 0 Å². The molecule has 0 unspecified atom stereocenters. The van der Waals surface area contributed by atoms with Crippen LogP contribution in [0.1, 0.15) is 17.0 Å². The van der Waals surface area contributed by atoms with Gasteiger partial charge in [-0.2, -0.15) is 0 Å². The fourth-order valence-corrected chi connectivity index (χ4v) is 2.19. The molecule has 3 rings (SSSR count). The SMILES string of the molecule is c1ccc(Cn2cnc3c2CNCC3)cc1.